The molecule has 1 aromatic heterocycles. The monoisotopic (exact) mass is 379 g/mol. The summed E-state index contributed by atoms with van der Waals surface area (Å²) in [4.78, 5) is 19.7. The average molecular weight is 380 g/mol. The normalized spacial score (nSPS) is 15.3. The number of carbonyl (C=O) groups is 1. The fourth-order valence-electron chi connectivity index (χ4n) is 3.38. The fourth-order valence-corrected chi connectivity index (χ4v) is 4.44. The molecule has 1 aliphatic rings. The molecule has 2 heterocycles. The van der Waals surface area contributed by atoms with E-state index in [0.717, 1.165) is 39.9 Å². The molecule has 1 N–H and O–H groups in total. The van der Waals surface area contributed by atoms with Gasteiger partial charge in [0.05, 0.1) is 10.2 Å². The Kier molecular flexibility index (Phi) is 5.12. The van der Waals surface area contributed by atoms with Crippen LogP contribution >= 0.6 is 11.3 Å². The van der Waals surface area contributed by atoms with E-state index in [1.165, 1.54) is 18.4 Å². The van der Waals surface area contributed by atoms with Crippen molar-refractivity contribution in [2.45, 2.75) is 33.2 Å². The highest BCUT2D eigenvalue weighted by Crippen LogP contribution is 2.32. The Balaban J connectivity index is 1.46. The van der Waals surface area contributed by atoms with Crippen molar-refractivity contribution >= 4 is 32.6 Å². The third-order valence-corrected chi connectivity index (χ3v) is 6.35. The van der Waals surface area contributed by atoms with Gasteiger partial charge in [-0.05, 0) is 49.4 Å². The van der Waals surface area contributed by atoms with Crippen LogP contribution in [0, 0.1) is 12.8 Å². The molecule has 1 saturated heterocycles. The molecule has 140 valence electrons. The summed E-state index contributed by atoms with van der Waals surface area (Å²) in [6.07, 6.45) is 2.45. The molecule has 2 aromatic carbocycles. The standard InChI is InChI=1S/C22H25N3OS/c1-15-3-5-17(6-4-15)14-23-21(26)18-7-8-19-20(13-18)27-22(24-19)25-11-9-16(2)10-12-25/h3-8,13,16H,9-12,14H2,1-2H3,(H,23,26). The molecule has 0 saturated carbocycles. The van der Waals surface area contributed by atoms with E-state index in [-0.39, 0.29) is 5.91 Å². The van der Waals surface area contributed by atoms with Crippen LogP contribution < -0.4 is 10.2 Å². The van der Waals surface area contributed by atoms with Gasteiger partial charge in [-0.1, -0.05) is 48.1 Å². The van der Waals surface area contributed by atoms with E-state index in [0.29, 0.717) is 12.1 Å². The number of fused-ring (bicyclic) bond motifs is 1. The van der Waals surface area contributed by atoms with E-state index in [4.69, 9.17) is 4.98 Å². The Bertz CT molecular complexity index is 940. The highest BCUT2D eigenvalue weighted by molar-refractivity contribution is 7.22. The second kappa shape index (κ2) is 7.69. The van der Waals surface area contributed by atoms with Crippen LogP contribution in [-0.2, 0) is 6.54 Å². The third-order valence-electron chi connectivity index (χ3n) is 5.27. The smallest absolute Gasteiger partial charge is 0.251 e. The van der Waals surface area contributed by atoms with Gasteiger partial charge in [0.1, 0.15) is 0 Å². The number of amides is 1. The number of carbonyl (C=O) groups excluding carboxylic acids is 1. The Labute approximate surface area is 164 Å². The van der Waals surface area contributed by atoms with E-state index < -0.39 is 0 Å². The van der Waals surface area contributed by atoms with E-state index in [1.807, 2.05) is 30.3 Å². The molecule has 1 amide bonds. The number of benzene rings is 2. The minimum Gasteiger partial charge on any atom is -0.348 e. The number of hydrogen-bond donors (Lipinski definition) is 1. The lowest BCUT2D eigenvalue weighted by atomic mass is 10.00. The number of thiazole rings is 1. The summed E-state index contributed by atoms with van der Waals surface area (Å²) in [5, 5.41) is 4.09. The van der Waals surface area contributed by atoms with Crippen LogP contribution in [0.3, 0.4) is 0 Å². The van der Waals surface area contributed by atoms with Crippen LogP contribution in [0.15, 0.2) is 42.5 Å². The van der Waals surface area contributed by atoms with Crippen LogP contribution in [0.5, 0.6) is 0 Å². The van der Waals surface area contributed by atoms with Crippen molar-refractivity contribution in [2.75, 3.05) is 18.0 Å². The van der Waals surface area contributed by atoms with Gasteiger partial charge < -0.3 is 10.2 Å². The lowest BCUT2D eigenvalue weighted by Crippen LogP contribution is -2.32. The highest BCUT2D eigenvalue weighted by atomic mass is 32.1. The van der Waals surface area contributed by atoms with Gasteiger partial charge in [0.25, 0.3) is 5.91 Å². The lowest BCUT2D eigenvalue weighted by molar-refractivity contribution is 0.0951. The van der Waals surface area contributed by atoms with Gasteiger partial charge in [-0.2, -0.15) is 0 Å². The lowest BCUT2D eigenvalue weighted by Gasteiger charge is -2.29. The van der Waals surface area contributed by atoms with Gasteiger partial charge in [-0.25, -0.2) is 4.98 Å². The zero-order chi connectivity index (χ0) is 18.8. The Morgan fingerprint density at radius 3 is 2.67 bits per heavy atom. The molecule has 1 fully saturated rings. The third kappa shape index (κ3) is 4.14. The van der Waals surface area contributed by atoms with Gasteiger partial charge in [-0.15, -0.1) is 0 Å². The molecule has 0 atom stereocenters. The van der Waals surface area contributed by atoms with Crippen molar-refractivity contribution in [1.82, 2.24) is 10.3 Å². The number of hydrogen-bond acceptors (Lipinski definition) is 4. The average Bonchev–Trinajstić information content (AvgIpc) is 3.11. The molecule has 27 heavy (non-hydrogen) atoms. The van der Waals surface area contributed by atoms with Crippen molar-refractivity contribution in [3.63, 3.8) is 0 Å². The molecule has 4 nitrogen and oxygen atoms in total. The number of rotatable bonds is 4. The van der Waals surface area contributed by atoms with Gasteiger partial charge >= 0.3 is 0 Å². The van der Waals surface area contributed by atoms with Crippen LogP contribution in [0.2, 0.25) is 0 Å². The number of nitrogens with zero attached hydrogens (tertiary/aromatic N) is 2. The van der Waals surface area contributed by atoms with Crippen molar-refractivity contribution in [2.24, 2.45) is 5.92 Å². The van der Waals surface area contributed by atoms with Crippen LogP contribution in [-0.4, -0.2) is 24.0 Å². The molecule has 1 aliphatic heterocycles. The summed E-state index contributed by atoms with van der Waals surface area (Å²) in [6, 6.07) is 14.0. The predicted molar refractivity (Wildman–Crippen MR) is 113 cm³/mol. The number of anilines is 1. The number of aromatic nitrogens is 1. The number of nitrogens with one attached hydrogen (secondary N) is 1. The molecule has 0 spiro atoms. The second-order valence-electron chi connectivity index (χ2n) is 7.52. The Hall–Kier alpha value is -2.40. The minimum atomic E-state index is -0.0424. The summed E-state index contributed by atoms with van der Waals surface area (Å²) in [5.74, 6) is 0.763. The van der Waals surface area contributed by atoms with Gasteiger partial charge in [0, 0.05) is 25.2 Å². The molecular weight excluding hydrogens is 354 g/mol. The molecule has 0 bridgehead atoms. The molecule has 0 radical (unpaired) electrons. The number of piperidine rings is 1. The maximum absolute atomic E-state index is 12.5. The molecule has 4 rings (SSSR count). The van der Waals surface area contributed by atoms with E-state index in [1.54, 1.807) is 11.3 Å². The first-order valence-corrected chi connectivity index (χ1v) is 10.4. The van der Waals surface area contributed by atoms with E-state index >= 15 is 0 Å². The molecular formula is C22H25N3OS. The Morgan fingerprint density at radius 1 is 1.19 bits per heavy atom. The van der Waals surface area contributed by atoms with Crippen molar-refractivity contribution in [1.29, 1.82) is 0 Å². The summed E-state index contributed by atoms with van der Waals surface area (Å²) in [7, 11) is 0. The van der Waals surface area contributed by atoms with Crippen LogP contribution in [0.1, 0.15) is 41.3 Å². The first kappa shape index (κ1) is 18.0. The summed E-state index contributed by atoms with van der Waals surface area (Å²) in [5.41, 5.74) is 4.00. The SMILES string of the molecule is Cc1ccc(CNC(=O)c2ccc3nc(N4CCC(C)CC4)sc3c2)cc1. The molecule has 3 aromatic rings. The second-order valence-corrected chi connectivity index (χ2v) is 8.53. The fraction of sp³-hybridized carbons (Fsp3) is 0.364. The zero-order valence-electron chi connectivity index (χ0n) is 15.9. The zero-order valence-corrected chi connectivity index (χ0v) is 16.7. The van der Waals surface area contributed by atoms with Crippen molar-refractivity contribution < 1.29 is 4.79 Å². The quantitative estimate of drug-likeness (QED) is 0.710. The first-order valence-electron chi connectivity index (χ1n) is 9.58. The van der Waals surface area contributed by atoms with E-state index in [2.05, 4.69) is 36.2 Å². The Morgan fingerprint density at radius 2 is 1.93 bits per heavy atom. The predicted octanol–water partition coefficient (Wildman–Crippen LogP) is 4.77. The summed E-state index contributed by atoms with van der Waals surface area (Å²) < 4.78 is 1.08. The largest absolute Gasteiger partial charge is 0.348 e. The topological polar surface area (TPSA) is 45.2 Å². The maximum Gasteiger partial charge on any atom is 0.251 e. The van der Waals surface area contributed by atoms with Gasteiger partial charge in [0.15, 0.2) is 5.13 Å². The molecule has 0 aliphatic carbocycles. The molecule has 5 heteroatoms. The number of aryl methyl sites for hydroxylation is 1. The first-order chi connectivity index (χ1) is 13.1. The maximum atomic E-state index is 12.5. The van der Waals surface area contributed by atoms with Crippen LogP contribution in [0.25, 0.3) is 10.2 Å². The van der Waals surface area contributed by atoms with Crippen molar-refractivity contribution in [3.8, 4) is 0 Å². The van der Waals surface area contributed by atoms with Gasteiger partial charge in [0.2, 0.25) is 0 Å². The van der Waals surface area contributed by atoms with Gasteiger partial charge in [-0.3, -0.25) is 4.79 Å². The highest BCUT2D eigenvalue weighted by Gasteiger charge is 2.19. The van der Waals surface area contributed by atoms with E-state index in [9.17, 15) is 4.79 Å². The van der Waals surface area contributed by atoms with Crippen molar-refractivity contribution in [3.05, 3.63) is 59.2 Å². The summed E-state index contributed by atoms with van der Waals surface area (Å²) >= 11 is 1.69. The van der Waals surface area contributed by atoms with Crippen LogP contribution in [0.4, 0.5) is 5.13 Å². The summed E-state index contributed by atoms with van der Waals surface area (Å²) in [6.45, 7) is 7.06. The molecule has 0 unspecified atom stereocenters. The minimum absolute atomic E-state index is 0.0424.